The number of nitrogens with one attached hydrogen (secondary N) is 1. The van der Waals surface area contributed by atoms with E-state index in [1.54, 1.807) is 0 Å². The number of hydrogen-bond acceptors (Lipinski definition) is 3. The molecule has 1 heterocycles. The molecule has 20 heavy (non-hydrogen) atoms. The van der Waals surface area contributed by atoms with E-state index in [1.165, 1.54) is 16.8 Å². The summed E-state index contributed by atoms with van der Waals surface area (Å²) in [6.45, 7) is 10.2. The van der Waals surface area contributed by atoms with Crippen molar-refractivity contribution in [3.63, 3.8) is 0 Å². The highest BCUT2D eigenvalue weighted by Crippen LogP contribution is 2.28. The van der Waals surface area contributed by atoms with Crippen molar-refractivity contribution in [3.8, 4) is 0 Å². The van der Waals surface area contributed by atoms with Crippen LogP contribution in [0.15, 0.2) is 18.2 Å². The van der Waals surface area contributed by atoms with E-state index >= 15 is 0 Å². The van der Waals surface area contributed by atoms with Gasteiger partial charge in [0.25, 0.3) is 0 Å². The van der Waals surface area contributed by atoms with E-state index in [9.17, 15) is 5.11 Å². The molecule has 3 heteroatoms. The number of aryl methyl sites for hydroxylation is 1. The van der Waals surface area contributed by atoms with Gasteiger partial charge in [-0.15, -0.1) is 0 Å². The first-order chi connectivity index (χ1) is 9.52. The molecule has 1 aromatic carbocycles. The molecule has 2 rings (SSSR count). The topological polar surface area (TPSA) is 35.5 Å². The fourth-order valence-electron chi connectivity index (χ4n) is 2.79. The molecule has 0 saturated carbocycles. The Labute approximate surface area is 123 Å². The Bertz CT molecular complexity index is 433. The van der Waals surface area contributed by atoms with Gasteiger partial charge in [-0.2, -0.15) is 0 Å². The quantitative estimate of drug-likeness (QED) is 0.812. The van der Waals surface area contributed by atoms with Crippen LogP contribution >= 0.6 is 0 Å². The largest absolute Gasteiger partial charge is 0.390 e. The van der Waals surface area contributed by atoms with E-state index in [-0.39, 0.29) is 0 Å². The van der Waals surface area contributed by atoms with E-state index in [1.807, 2.05) is 6.92 Å². The van der Waals surface area contributed by atoms with E-state index in [4.69, 9.17) is 0 Å². The van der Waals surface area contributed by atoms with Gasteiger partial charge in [-0.25, -0.2) is 0 Å². The summed E-state index contributed by atoms with van der Waals surface area (Å²) >= 11 is 0. The van der Waals surface area contributed by atoms with Gasteiger partial charge in [-0.05, 0) is 51.3 Å². The normalized spacial score (nSPS) is 18.3. The van der Waals surface area contributed by atoms with Gasteiger partial charge in [0.15, 0.2) is 0 Å². The maximum Gasteiger partial charge on any atom is 0.0653 e. The van der Waals surface area contributed by atoms with Crippen molar-refractivity contribution in [3.05, 3.63) is 29.3 Å². The van der Waals surface area contributed by atoms with Gasteiger partial charge >= 0.3 is 0 Å². The molecular weight excluding hydrogens is 248 g/mol. The monoisotopic (exact) mass is 276 g/mol. The van der Waals surface area contributed by atoms with Crippen LogP contribution in [0.2, 0.25) is 0 Å². The lowest BCUT2D eigenvalue weighted by Gasteiger charge is -2.38. The lowest BCUT2D eigenvalue weighted by atomic mass is 9.93. The molecule has 1 fully saturated rings. The predicted molar refractivity (Wildman–Crippen MR) is 85.2 cm³/mol. The average Bonchev–Trinajstić information content (AvgIpc) is 2.40. The molecule has 0 amide bonds. The number of nitrogens with zero attached hydrogens (tertiary/aromatic N) is 1. The predicted octanol–water partition coefficient (Wildman–Crippen LogP) is 2.85. The fraction of sp³-hybridized carbons (Fsp3) is 0.647. The van der Waals surface area contributed by atoms with Crippen LogP contribution < -0.4 is 10.2 Å². The third-order valence-corrected chi connectivity index (χ3v) is 4.16. The molecule has 0 aromatic heterocycles. The maximum atomic E-state index is 10.1. The molecule has 1 saturated heterocycles. The first-order valence-corrected chi connectivity index (χ1v) is 7.79. The highest BCUT2D eigenvalue weighted by atomic mass is 16.3. The lowest BCUT2D eigenvalue weighted by Crippen LogP contribution is -2.42. The fourth-order valence-corrected chi connectivity index (χ4v) is 2.79. The second-order valence-corrected chi connectivity index (χ2v) is 6.29. The van der Waals surface area contributed by atoms with Gasteiger partial charge < -0.3 is 15.3 Å². The molecule has 112 valence electrons. The number of benzene rings is 1. The summed E-state index contributed by atoms with van der Waals surface area (Å²) in [5, 5.41) is 13.6. The SMILES string of the molecule is CCCNCc1cc(C)ccc1N1CCC(C)(O)CC1. The van der Waals surface area contributed by atoms with Crippen LogP contribution in [-0.2, 0) is 6.54 Å². The zero-order valence-electron chi connectivity index (χ0n) is 13.1. The summed E-state index contributed by atoms with van der Waals surface area (Å²) < 4.78 is 0. The maximum absolute atomic E-state index is 10.1. The molecular formula is C17H28N2O. The Morgan fingerprint density at radius 3 is 2.65 bits per heavy atom. The van der Waals surface area contributed by atoms with E-state index in [2.05, 4.69) is 42.3 Å². The summed E-state index contributed by atoms with van der Waals surface area (Å²) in [5.41, 5.74) is 3.53. The minimum Gasteiger partial charge on any atom is -0.390 e. The third kappa shape index (κ3) is 3.97. The summed E-state index contributed by atoms with van der Waals surface area (Å²) in [7, 11) is 0. The van der Waals surface area contributed by atoms with Crippen molar-refractivity contribution in [1.82, 2.24) is 5.32 Å². The zero-order chi connectivity index (χ0) is 14.6. The molecule has 2 N–H and O–H groups in total. The van der Waals surface area contributed by atoms with Gasteiger partial charge in [-0.3, -0.25) is 0 Å². The van der Waals surface area contributed by atoms with Crippen LogP contribution in [-0.4, -0.2) is 30.3 Å². The van der Waals surface area contributed by atoms with E-state index in [0.29, 0.717) is 0 Å². The average molecular weight is 276 g/mol. The van der Waals surface area contributed by atoms with Crippen molar-refractivity contribution in [1.29, 1.82) is 0 Å². The summed E-state index contributed by atoms with van der Waals surface area (Å²) in [6.07, 6.45) is 2.86. The number of piperidine rings is 1. The summed E-state index contributed by atoms with van der Waals surface area (Å²) in [5.74, 6) is 0. The first-order valence-electron chi connectivity index (χ1n) is 7.79. The minimum absolute atomic E-state index is 0.484. The number of aliphatic hydroxyl groups is 1. The van der Waals surface area contributed by atoms with Crippen LogP contribution in [0.4, 0.5) is 5.69 Å². The molecule has 1 aromatic rings. The van der Waals surface area contributed by atoms with Gasteiger partial charge in [0.2, 0.25) is 0 Å². The molecule has 3 nitrogen and oxygen atoms in total. The van der Waals surface area contributed by atoms with E-state index in [0.717, 1.165) is 45.4 Å². The number of rotatable bonds is 5. The van der Waals surface area contributed by atoms with Gasteiger partial charge in [0, 0.05) is 25.3 Å². The first kappa shape index (κ1) is 15.3. The van der Waals surface area contributed by atoms with E-state index < -0.39 is 5.60 Å². The zero-order valence-corrected chi connectivity index (χ0v) is 13.1. The van der Waals surface area contributed by atoms with Gasteiger partial charge in [-0.1, -0.05) is 24.6 Å². The number of hydrogen-bond donors (Lipinski definition) is 2. The second-order valence-electron chi connectivity index (χ2n) is 6.29. The number of anilines is 1. The summed E-state index contributed by atoms with van der Waals surface area (Å²) in [6, 6.07) is 6.70. The third-order valence-electron chi connectivity index (χ3n) is 4.16. The highest BCUT2D eigenvalue weighted by molar-refractivity contribution is 5.55. The van der Waals surface area contributed by atoms with Crippen molar-refractivity contribution in [2.75, 3.05) is 24.5 Å². The summed E-state index contributed by atoms with van der Waals surface area (Å²) in [4.78, 5) is 2.42. The molecule has 1 aliphatic rings. The van der Waals surface area contributed by atoms with Gasteiger partial charge in [0.1, 0.15) is 0 Å². The lowest BCUT2D eigenvalue weighted by molar-refractivity contribution is 0.0351. The standard InChI is InChI=1S/C17H28N2O/c1-4-9-18-13-15-12-14(2)5-6-16(15)19-10-7-17(3,20)8-11-19/h5-6,12,18,20H,4,7-11,13H2,1-3H3. The Balaban J connectivity index is 2.10. The van der Waals surface area contributed by atoms with Crippen molar-refractivity contribution < 1.29 is 5.11 Å². The highest BCUT2D eigenvalue weighted by Gasteiger charge is 2.28. The molecule has 0 radical (unpaired) electrons. The minimum atomic E-state index is -0.484. The molecule has 0 aliphatic carbocycles. The second kappa shape index (κ2) is 6.59. The van der Waals surface area contributed by atoms with Crippen LogP contribution in [0.1, 0.15) is 44.2 Å². The van der Waals surface area contributed by atoms with Crippen LogP contribution in [0, 0.1) is 6.92 Å². The van der Waals surface area contributed by atoms with Crippen molar-refractivity contribution in [2.24, 2.45) is 0 Å². The molecule has 0 unspecified atom stereocenters. The Morgan fingerprint density at radius 2 is 2.00 bits per heavy atom. The van der Waals surface area contributed by atoms with Crippen LogP contribution in [0.25, 0.3) is 0 Å². The van der Waals surface area contributed by atoms with Crippen molar-refractivity contribution >= 4 is 5.69 Å². The Hall–Kier alpha value is -1.06. The van der Waals surface area contributed by atoms with Crippen LogP contribution in [0.3, 0.4) is 0 Å². The molecule has 1 aliphatic heterocycles. The van der Waals surface area contributed by atoms with Gasteiger partial charge in [0.05, 0.1) is 5.60 Å². The van der Waals surface area contributed by atoms with Crippen LogP contribution in [0.5, 0.6) is 0 Å². The Kier molecular flexibility index (Phi) is 5.06. The molecule has 0 spiro atoms. The molecule has 0 bridgehead atoms. The van der Waals surface area contributed by atoms with Crippen molar-refractivity contribution in [2.45, 2.75) is 52.2 Å². The Morgan fingerprint density at radius 1 is 1.30 bits per heavy atom. The molecule has 0 atom stereocenters. The smallest absolute Gasteiger partial charge is 0.0653 e.